The van der Waals surface area contributed by atoms with Gasteiger partial charge in [0.2, 0.25) is 0 Å². The van der Waals surface area contributed by atoms with Crippen LogP contribution in [0.25, 0.3) is 0 Å². The number of rotatable bonds is 5. The van der Waals surface area contributed by atoms with Crippen molar-refractivity contribution >= 4 is 21.6 Å². The van der Waals surface area contributed by atoms with Crippen LogP contribution in [0.5, 0.6) is 0 Å². The first-order chi connectivity index (χ1) is 7.17. The van der Waals surface area contributed by atoms with E-state index in [9.17, 15) is 4.39 Å². The van der Waals surface area contributed by atoms with Gasteiger partial charge in [0, 0.05) is 12.2 Å². The zero-order valence-corrected chi connectivity index (χ0v) is 10.8. The van der Waals surface area contributed by atoms with Crippen LogP contribution in [0.4, 0.5) is 10.1 Å². The molecule has 15 heavy (non-hydrogen) atoms. The van der Waals surface area contributed by atoms with E-state index < -0.39 is 0 Å². The lowest BCUT2D eigenvalue weighted by Gasteiger charge is -2.14. The Labute approximate surface area is 99.2 Å². The molecule has 0 radical (unpaired) electrons. The first kappa shape index (κ1) is 12.5. The maximum absolute atomic E-state index is 13.2. The molecule has 0 amide bonds. The average Bonchev–Trinajstić information content (AvgIpc) is 2.24. The van der Waals surface area contributed by atoms with E-state index in [1.54, 1.807) is 6.07 Å². The van der Waals surface area contributed by atoms with Crippen LogP contribution >= 0.6 is 15.9 Å². The summed E-state index contributed by atoms with van der Waals surface area (Å²) >= 11 is 3.13. The zero-order chi connectivity index (χ0) is 11.3. The Morgan fingerprint density at radius 3 is 2.53 bits per heavy atom. The fourth-order valence-electron chi connectivity index (χ4n) is 1.45. The van der Waals surface area contributed by atoms with Gasteiger partial charge >= 0.3 is 0 Å². The normalized spacial score (nSPS) is 10.7. The highest BCUT2D eigenvalue weighted by atomic mass is 79.9. The van der Waals surface area contributed by atoms with Crippen LogP contribution in [0.2, 0.25) is 0 Å². The van der Waals surface area contributed by atoms with Crippen LogP contribution in [0, 0.1) is 11.7 Å². The molecule has 0 spiro atoms. The molecule has 0 bridgehead atoms. The van der Waals surface area contributed by atoms with Gasteiger partial charge in [-0.2, -0.15) is 0 Å². The number of anilines is 1. The molecule has 1 aromatic carbocycles. The summed E-state index contributed by atoms with van der Waals surface area (Å²) < 4.78 is 13.7. The number of hydrogen-bond acceptors (Lipinski definition) is 1. The molecule has 0 aliphatic carbocycles. The van der Waals surface area contributed by atoms with Crippen molar-refractivity contribution in [3.05, 3.63) is 28.5 Å². The molecule has 0 heterocycles. The molecule has 0 atom stereocenters. The Morgan fingerprint density at radius 2 is 2.00 bits per heavy atom. The van der Waals surface area contributed by atoms with Gasteiger partial charge in [-0.05, 0) is 40.0 Å². The molecule has 0 aliphatic heterocycles. The fraction of sp³-hybridized carbons (Fsp3) is 0.500. The Hall–Kier alpha value is -0.570. The topological polar surface area (TPSA) is 12.0 Å². The van der Waals surface area contributed by atoms with Gasteiger partial charge in [0.25, 0.3) is 0 Å². The van der Waals surface area contributed by atoms with Crippen LogP contribution < -0.4 is 5.32 Å². The second-order valence-corrected chi connectivity index (χ2v) is 4.55. The minimum absolute atomic E-state index is 0.218. The summed E-state index contributed by atoms with van der Waals surface area (Å²) in [5.41, 5.74) is 0.850. The van der Waals surface area contributed by atoms with Crippen LogP contribution in [0.3, 0.4) is 0 Å². The molecule has 1 aromatic rings. The summed E-state index contributed by atoms with van der Waals surface area (Å²) in [4.78, 5) is 0. The third kappa shape index (κ3) is 3.82. The summed E-state index contributed by atoms with van der Waals surface area (Å²) in [6, 6.07) is 5.13. The molecule has 84 valence electrons. The molecular weight excluding hydrogens is 257 g/mol. The van der Waals surface area contributed by atoms with E-state index in [2.05, 4.69) is 35.1 Å². The molecular formula is C12H17BrFN. The minimum atomic E-state index is -0.218. The fourth-order valence-corrected chi connectivity index (χ4v) is 1.69. The molecule has 1 rings (SSSR count). The lowest BCUT2D eigenvalue weighted by Crippen LogP contribution is -2.12. The van der Waals surface area contributed by atoms with Crippen LogP contribution in [-0.4, -0.2) is 6.54 Å². The second-order valence-electron chi connectivity index (χ2n) is 3.69. The highest BCUT2D eigenvalue weighted by Gasteiger charge is 2.04. The summed E-state index contributed by atoms with van der Waals surface area (Å²) in [6.07, 6.45) is 2.31. The predicted molar refractivity (Wildman–Crippen MR) is 66.7 cm³/mol. The minimum Gasteiger partial charge on any atom is -0.385 e. The van der Waals surface area contributed by atoms with Crippen molar-refractivity contribution in [1.29, 1.82) is 0 Å². The van der Waals surface area contributed by atoms with Gasteiger partial charge in [-0.15, -0.1) is 0 Å². The maximum Gasteiger partial charge on any atom is 0.139 e. The van der Waals surface area contributed by atoms with Crippen LogP contribution in [-0.2, 0) is 0 Å². The van der Waals surface area contributed by atoms with E-state index >= 15 is 0 Å². The summed E-state index contributed by atoms with van der Waals surface area (Å²) in [5, 5.41) is 3.25. The van der Waals surface area contributed by atoms with Gasteiger partial charge in [-0.3, -0.25) is 0 Å². The van der Waals surface area contributed by atoms with Crippen molar-refractivity contribution in [3.63, 3.8) is 0 Å². The standard InChI is InChI=1S/C12H17BrFN/c1-3-9(4-2)8-15-10-5-6-11(13)12(14)7-10/h5-7,9,15H,3-4,8H2,1-2H3. The van der Waals surface area contributed by atoms with Gasteiger partial charge in [0.05, 0.1) is 4.47 Å². The van der Waals surface area contributed by atoms with E-state index in [0.717, 1.165) is 25.1 Å². The van der Waals surface area contributed by atoms with Gasteiger partial charge in [0.15, 0.2) is 0 Å². The lowest BCUT2D eigenvalue weighted by atomic mass is 10.0. The average molecular weight is 274 g/mol. The number of halogens is 2. The molecule has 0 saturated heterocycles. The van der Waals surface area contributed by atoms with E-state index in [1.165, 1.54) is 6.07 Å². The highest BCUT2D eigenvalue weighted by Crippen LogP contribution is 2.20. The van der Waals surface area contributed by atoms with E-state index in [0.29, 0.717) is 10.4 Å². The molecule has 3 heteroatoms. The summed E-state index contributed by atoms with van der Waals surface area (Å²) in [5.74, 6) is 0.446. The van der Waals surface area contributed by atoms with Crippen LogP contribution in [0.15, 0.2) is 22.7 Å². The van der Waals surface area contributed by atoms with E-state index in [1.807, 2.05) is 6.07 Å². The van der Waals surface area contributed by atoms with Gasteiger partial charge in [0.1, 0.15) is 5.82 Å². The Balaban J connectivity index is 2.54. The van der Waals surface area contributed by atoms with Gasteiger partial charge in [-0.25, -0.2) is 4.39 Å². The molecule has 1 nitrogen and oxygen atoms in total. The van der Waals surface area contributed by atoms with E-state index in [4.69, 9.17) is 0 Å². The zero-order valence-electron chi connectivity index (χ0n) is 9.19. The monoisotopic (exact) mass is 273 g/mol. The van der Waals surface area contributed by atoms with Gasteiger partial charge in [-0.1, -0.05) is 26.7 Å². The SMILES string of the molecule is CCC(CC)CNc1ccc(Br)c(F)c1. The molecule has 0 fully saturated rings. The largest absolute Gasteiger partial charge is 0.385 e. The Kier molecular flexibility index (Phi) is 5.09. The van der Waals surface area contributed by atoms with Crippen molar-refractivity contribution < 1.29 is 4.39 Å². The number of benzene rings is 1. The smallest absolute Gasteiger partial charge is 0.139 e. The van der Waals surface area contributed by atoms with Gasteiger partial charge < -0.3 is 5.32 Å². The van der Waals surface area contributed by atoms with Crippen molar-refractivity contribution in [1.82, 2.24) is 0 Å². The number of hydrogen-bond donors (Lipinski definition) is 1. The summed E-state index contributed by atoms with van der Waals surface area (Å²) in [7, 11) is 0. The third-order valence-electron chi connectivity index (χ3n) is 2.67. The molecule has 1 N–H and O–H groups in total. The second kappa shape index (κ2) is 6.11. The first-order valence-electron chi connectivity index (χ1n) is 5.36. The van der Waals surface area contributed by atoms with Crippen molar-refractivity contribution in [2.45, 2.75) is 26.7 Å². The third-order valence-corrected chi connectivity index (χ3v) is 3.31. The molecule has 0 aromatic heterocycles. The van der Waals surface area contributed by atoms with Crippen molar-refractivity contribution in [2.75, 3.05) is 11.9 Å². The van der Waals surface area contributed by atoms with Crippen LogP contribution in [0.1, 0.15) is 26.7 Å². The Morgan fingerprint density at radius 1 is 1.33 bits per heavy atom. The Bertz CT molecular complexity index is 310. The molecule has 0 unspecified atom stereocenters. The first-order valence-corrected chi connectivity index (χ1v) is 6.15. The van der Waals surface area contributed by atoms with E-state index in [-0.39, 0.29) is 5.82 Å². The molecule has 0 saturated carbocycles. The summed E-state index contributed by atoms with van der Waals surface area (Å²) in [6.45, 7) is 5.27. The van der Waals surface area contributed by atoms with Crippen molar-refractivity contribution in [2.24, 2.45) is 5.92 Å². The lowest BCUT2D eigenvalue weighted by molar-refractivity contribution is 0.519. The van der Waals surface area contributed by atoms with Crippen molar-refractivity contribution in [3.8, 4) is 0 Å². The molecule has 0 aliphatic rings. The predicted octanol–water partition coefficient (Wildman–Crippen LogP) is 4.44. The highest BCUT2D eigenvalue weighted by molar-refractivity contribution is 9.10. The number of nitrogens with one attached hydrogen (secondary N) is 1. The maximum atomic E-state index is 13.2. The quantitative estimate of drug-likeness (QED) is 0.837.